The van der Waals surface area contributed by atoms with Crippen LogP contribution in [0.2, 0.25) is 0 Å². The summed E-state index contributed by atoms with van der Waals surface area (Å²) in [5.41, 5.74) is 1.79. The quantitative estimate of drug-likeness (QED) is 0.870. The maximum absolute atomic E-state index is 11.8. The molecule has 0 saturated carbocycles. The van der Waals surface area contributed by atoms with Gasteiger partial charge in [-0.2, -0.15) is 0 Å². The van der Waals surface area contributed by atoms with Crippen LogP contribution in [0.25, 0.3) is 0 Å². The lowest BCUT2D eigenvalue weighted by atomic mass is 9.93. The monoisotopic (exact) mass is 347 g/mol. The van der Waals surface area contributed by atoms with Crippen LogP contribution in [0.1, 0.15) is 63.5 Å². The second-order valence-corrected chi connectivity index (χ2v) is 7.46. The zero-order valence-electron chi connectivity index (χ0n) is 11.9. The number of benzene rings is 1. The van der Waals surface area contributed by atoms with Crippen molar-refractivity contribution >= 4 is 26.0 Å². The number of primary sulfonamides is 1. The van der Waals surface area contributed by atoms with Crippen LogP contribution >= 0.6 is 15.9 Å². The fourth-order valence-corrected chi connectivity index (χ4v) is 3.67. The van der Waals surface area contributed by atoms with Crippen molar-refractivity contribution in [3.8, 4) is 0 Å². The molecule has 1 rings (SSSR count). The predicted octanol–water partition coefficient (Wildman–Crippen LogP) is 4.12. The first-order chi connectivity index (χ1) is 8.72. The van der Waals surface area contributed by atoms with Crippen LogP contribution in [0.15, 0.2) is 21.5 Å². The normalized spacial score (nSPS) is 15.3. The van der Waals surface area contributed by atoms with E-state index in [1.54, 1.807) is 6.07 Å². The molecule has 0 amide bonds. The predicted molar refractivity (Wildman–Crippen MR) is 82.9 cm³/mol. The van der Waals surface area contributed by atoms with Gasteiger partial charge in [-0.25, -0.2) is 13.6 Å². The summed E-state index contributed by atoms with van der Waals surface area (Å²) in [6.45, 7) is 8.21. The van der Waals surface area contributed by atoms with Crippen molar-refractivity contribution in [2.75, 3.05) is 0 Å². The molecule has 0 aromatic heterocycles. The number of rotatable bonds is 5. The summed E-state index contributed by atoms with van der Waals surface area (Å²) in [4.78, 5) is 0.264. The zero-order chi connectivity index (χ0) is 14.8. The molecule has 0 aliphatic rings. The van der Waals surface area contributed by atoms with Crippen molar-refractivity contribution in [3.05, 3.63) is 27.7 Å². The fraction of sp³-hybridized carbons (Fsp3) is 0.571. The Kier molecular flexibility index (Phi) is 5.59. The highest BCUT2D eigenvalue weighted by Gasteiger charge is 2.21. The molecule has 2 unspecified atom stereocenters. The molecule has 3 nitrogen and oxygen atoms in total. The van der Waals surface area contributed by atoms with Crippen molar-refractivity contribution in [3.63, 3.8) is 0 Å². The number of hydrogen-bond donors (Lipinski definition) is 1. The minimum atomic E-state index is -3.69. The van der Waals surface area contributed by atoms with E-state index in [0.717, 1.165) is 28.4 Å². The van der Waals surface area contributed by atoms with Crippen LogP contribution in [0.3, 0.4) is 0 Å². The van der Waals surface area contributed by atoms with Gasteiger partial charge in [-0.3, -0.25) is 0 Å². The van der Waals surface area contributed by atoms with Crippen molar-refractivity contribution < 1.29 is 8.42 Å². The molecule has 19 heavy (non-hydrogen) atoms. The summed E-state index contributed by atoms with van der Waals surface area (Å²) in [5.74, 6) is 0.455. The van der Waals surface area contributed by atoms with Crippen LogP contribution in [-0.4, -0.2) is 8.42 Å². The largest absolute Gasteiger partial charge is 0.238 e. The molecule has 1 aromatic rings. The van der Waals surface area contributed by atoms with E-state index in [4.69, 9.17) is 5.14 Å². The van der Waals surface area contributed by atoms with Gasteiger partial charge < -0.3 is 0 Å². The van der Waals surface area contributed by atoms with Crippen molar-refractivity contribution in [2.24, 2.45) is 5.14 Å². The second kappa shape index (κ2) is 6.37. The van der Waals surface area contributed by atoms with Gasteiger partial charge in [0.05, 0.1) is 4.90 Å². The molecule has 5 heteroatoms. The van der Waals surface area contributed by atoms with E-state index < -0.39 is 10.0 Å². The molecular weight excluding hydrogens is 326 g/mol. The summed E-state index contributed by atoms with van der Waals surface area (Å²) in [5, 5.41) is 5.37. The van der Waals surface area contributed by atoms with E-state index in [1.807, 2.05) is 19.9 Å². The Morgan fingerprint density at radius 1 is 1.11 bits per heavy atom. The van der Waals surface area contributed by atoms with Gasteiger partial charge in [0.15, 0.2) is 0 Å². The molecule has 0 heterocycles. The van der Waals surface area contributed by atoms with Crippen molar-refractivity contribution in [2.45, 2.75) is 57.3 Å². The van der Waals surface area contributed by atoms with Gasteiger partial charge in [0.2, 0.25) is 10.0 Å². The summed E-state index contributed by atoms with van der Waals surface area (Å²) < 4.78 is 24.6. The minimum absolute atomic E-state index is 0.163. The topological polar surface area (TPSA) is 60.2 Å². The molecule has 1 aromatic carbocycles. The van der Waals surface area contributed by atoms with E-state index in [0.29, 0.717) is 5.92 Å². The maximum Gasteiger partial charge on any atom is 0.238 e. The first kappa shape index (κ1) is 16.7. The van der Waals surface area contributed by atoms with Crippen LogP contribution in [0.4, 0.5) is 0 Å². The maximum atomic E-state index is 11.8. The number of halogens is 1. The first-order valence-corrected chi connectivity index (χ1v) is 8.92. The SMILES string of the molecule is CCC(C)c1cc(S(N)(=O)=O)c(C(C)CC)cc1Br. The van der Waals surface area contributed by atoms with Gasteiger partial charge in [-0.05, 0) is 47.9 Å². The number of sulfonamides is 1. The van der Waals surface area contributed by atoms with Gasteiger partial charge in [0.25, 0.3) is 0 Å². The first-order valence-electron chi connectivity index (χ1n) is 6.58. The minimum Gasteiger partial charge on any atom is -0.225 e. The molecule has 0 aliphatic carbocycles. The lowest BCUT2D eigenvalue weighted by Crippen LogP contribution is -2.16. The molecule has 0 aliphatic heterocycles. The molecule has 2 N–H and O–H groups in total. The molecular formula is C14H22BrNO2S. The molecule has 0 saturated heterocycles. The highest BCUT2D eigenvalue weighted by molar-refractivity contribution is 9.10. The van der Waals surface area contributed by atoms with Crippen LogP contribution in [-0.2, 0) is 10.0 Å². The Bertz CT molecular complexity index is 555. The van der Waals surface area contributed by atoms with Gasteiger partial charge >= 0.3 is 0 Å². The molecule has 108 valence electrons. The standard InChI is InChI=1S/C14H22BrNO2S/c1-5-9(3)11-8-14(19(16,17)18)12(7-13(11)15)10(4)6-2/h7-10H,5-6H2,1-4H3,(H2,16,17,18). The third-order valence-corrected chi connectivity index (χ3v) is 5.38. The van der Waals surface area contributed by atoms with E-state index in [9.17, 15) is 8.42 Å². The third-order valence-electron chi connectivity index (χ3n) is 3.72. The van der Waals surface area contributed by atoms with Crippen molar-refractivity contribution in [1.29, 1.82) is 0 Å². The summed E-state index contributed by atoms with van der Waals surface area (Å²) >= 11 is 3.55. The fourth-order valence-electron chi connectivity index (χ4n) is 2.03. The average Bonchev–Trinajstić information content (AvgIpc) is 2.35. The highest BCUT2D eigenvalue weighted by atomic mass is 79.9. The Morgan fingerprint density at radius 2 is 1.58 bits per heavy atom. The van der Waals surface area contributed by atoms with E-state index >= 15 is 0 Å². The second-order valence-electron chi connectivity index (χ2n) is 5.08. The Balaban J connectivity index is 3.55. The van der Waals surface area contributed by atoms with E-state index in [-0.39, 0.29) is 10.8 Å². The third kappa shape index (κ3) is 3.80. The molecule has 0 radical (unpaired) electrons. The smallest absolute Gasteiger partial charge is 0.225 e. The van der Waals surface area contributed by atoms with Crippen LogP contribution < -0.4 is 5.14 Å². The van der Waals surface area contributed by atoms with Gasteiger partial charge in [0.1, 0.15) is 0 Å². The molecule has 2 atom stereocenters. The zero-order valence-corrected chi connectivity index (χ0v) is 14.3. The molecule has 0 fully saturated rings. The lowest BCUT2D eigenvalue weighted by Gasteiger charge is -2.19. The van der Waals surface area contributed by atoms with Crippen molar-refractivity contribution in [1.82, 2.24) is 0 Å². The van der Waals surface area contributed by atoms with Gasteiger partial charge in [0, 0.05) is 4.47 Å². The summed E-state index contributed by atoms with van der Waals surface area (Å²) in [6.07, 6.45) is 1.82. The number of hydrogen-bond acceptors (Lipinski definition) is 2. The highest BCUT2D eigenvalue weighted by Crippen LogP contribution is 2.35. The summed E-state index contributed by atoms with van der Waals surface area (Å²) in [7, 11) is -3.69. The Hall–Kier alpha value is -0.390. The molecule has 0 spiro atoms. The molecule has 0 bridgehead atoms. The van der Waals surface area contributed by atoms with Crippen LogP contribution in [0.5, 0.6) is 0 Å². The van der Waals surface area contributed by atoms with E-state index in [2.05, 4.69) is 29.8 Å². The van der Waals surface area contributed by atoms with Gasteiger partial charge in [-0.1, -0.05) is 43.6 Å². The lowest BCUT2D eigenvalue weighted by molar-refractivity contribution is 0.593. The Labute approximate surface area is 124 Å². The van der Waals surface area contributed by atoms with Gasteiger partial charge in [-0.15, -0.1) is 0 Å². The summed E-state index contributed by atoms with van der Waals surface area (Å²) in [6, 6.07) is 3.64. The van der Waals surface area contributed by atoms with E-state index in [1.165, 1.54) is 0 Å². The average molecular weight is 348 g/mol. The van der Waals surface area contributed by atoms with Crippen LogP contribution in [0, 0.1) is 0 Å². The Morgan fingerprint density at radius 3 is 2.00 bits per heavy atom. The number of nitrogens with two attached hydrogens (primary N) is 1.